The molecule has 1 N–H and O–H groups in total. The Labute approximate surface area is 106 Å². The van der Waals surface area contributed by atoms with Crippen LogP contribution in [0.2, 0.25) is 5.02 Å². The smallest absolute Gasteiger partial charge is 0.122 e. The molecule has 1 saturated heterocycles. The van der Waals surface area contributed by atoms with Gasteiger partial charge in [0, 0.05) is 23.1 Å². The SMILES string of the molecule is Cc1cc(Cl)ccc1OCC1CSCCN1. The molecule has 1 aromatic carbocycles. The maximum absolute atomic E-state index is 5.89. The van der Waals surface area contributed by atoms with E-state index in [0.717, 1.165) is 35.2 Å². The second-order valence-electron chi connectivity index (χ2n) is 3.95. The number of halogens is 1. The zero-order chi connectivity index (χ0) is 11.4. The monoisotopic (exact) mass is 257 g/mol. The minimum Gasteiger partial charge on any atom is -0.492 e. The standard InChI is InChI=1S/C12H16ClNOS/c1-9-6-10(13)2-3-12(9)15-7-11-8-16-5-4-14-11/h2-3,6,11,14H,4-5,7-8H2,1H3. The molecule has 2 nitrogen and oxygen atoms in total. The van der Waals surface area contributed by atoms with E-state index in [2.05, 4.69) is 5.32 Å². The van der Waals surface area contributed by atoms with Crippen molar-refractivity contribution < 1.29 is 4.74 Å². The van der Waals surface area contributed by atoms with Gasteiger partial charge in [0.15, 0.2) is 0 Å². The van der Waals surface area contributed by atoms with Gasteiger partial charge in [0.1, 0.15) is 12.4 Å². The first-order valence-corrected chi connectivity index (χ1v) is 6.99. The van der Waals surface area contributed by atoms with E-state index >= 15 is 0 Å². The Hall–Kier alpha value is -0.380. The molecule has 2 rings (SSSR count). The van der Waals surface area contributed by atoms with E-state index in [0.29, 0.717) is 6.04 Å². The van der Waals surface area contributed by atoms with Gasteiger partial charge in [-0.3, -0.25) is 0 Å². The summed E-state index contributed by atoms with van der Waals surface area (Å²) in [5.74, 6) is 3.27. The van der Waals surface area contributed by atoms with Crippen LogP contribution in [0.4, 0.5) is 0 Å². The highest BCUT2D eigenvalue weighted by Crippen LogP contribution is 2.22. The molecular weight excluding hydrogens is 242 g/mol. The summed E-state index contributed by atoms with van der Waals surface area (Å²) in [6.45, 7) is 3.83. The minimum atomic E-state index is 0.467. The Bertz CT molecular complexity index is 353. The first-order valence-electron chi connectivity index (χ1n) is 5.46. The number of ether oxygens (including phenoxy) is 1. The molecule has 0 radical (unpaired) electrons. The lowest BCUT2D eigenvalue weighted by Crippen LogP contribution is -2.41. The van der Waals surface area contributed by atoms with E-state index in [9.17, 15) is 0 Å². The first-order chi connectivity index (χ1) is 7.75. The molecule has 0 bridgehead atoms. The topological polar surface area (TPSA) is 21.3 Å². The second-order valence-corrected chi connectivity index (χ2v) is 5.53. The van der Waals surface area contributed by atoms with Crippen molar-refractivity contribution >= 4 is 23.4 Å². The zero-order valence-electron chi connectivity index (χ0n) is 9.33. The molecule has 0 aliphatic carbocycles. The fraction of sp³-hybridized carbons (Fsp3) is 0.500. The Morgan fingerprint density at radius 1 is 1.56 bits per heavy atom. The Balaban J connectivity index is 1.88. The molecule has 4 heteroatoms. The molecule has 16 heavy (non-hydrogen) atoms. The van der Waals surface area contributed by atoms with Crippen molar-refractivity contribution in [2.75, 3.05) is 24.7 Å². The number of aryl methyl sites for hydroxylation is 1. The third-order valence-corrected chi connectivity index (χ3v) is 3.94. The second kappa shape index (κ2) is 5.80. The van der Waals surface area contributed by atoms with Crippen molar-refractivity contribution in [3.63, 3.8) is 0 Å². The Morgan fingerprint density at radius 3 is 3.12 bits per heavy atom. The Morgan fingerprint density at radius 2 is 2.44 bits per heavy atom. The van der Waals surface area contributed by atoms with Gasteiger partial charge in [-0.25, -0.2) is 0 Å². The fourth-order valence-corrected chi connectivity index (χ4v) is 2.85. The van der Waals surface area contributed by atoms with Crippen LogP contribution in [0.3, 0.4) is 0 Å². The first kappa shape index (κ1) is 12.1. The summed E-state index contributed by atoms with van der Waals surface area (Å²) in [6, 6.07) is 6.20. The average molecular weight is 258 g/mol. The number of thioether (sulfide) groups is 1. The van der Waals surface area contributed by atoms with Crippen molar-refractivity contribution in [3.05, 3.63) is 28.8 Å². The molecule has 88 valence electrons. The van der Waals surface area contributed by atoms with Crippen LogP contribution in [0, 0.1) is 6.92 Å². The average Bonchev–Trinajstić information content (AvgIpc) is 2.29. The van der Waals surface area contributed by atoms with E-state index in [1.165, 1.54) is 5.75 Å². The van der Waals surface area contributed by atoms with Gasteiger partial charge in [-0.15, -0.1) is 0 Å². The third kappa shape index (κ3) is 3.30. The predicted molar refractivity (Wildman–Crippen MR) is 70.8 cm³/mol. The lowest BCUT2D eigenvalue weighted by atomic mass is 10.2. The molecule has 0 amide bonds. The van der Waals surface area contributed by atoms with Gasteiger partial charge in [0.05, 0.1) is 6.04 Å². The molecule has 1 heterocycles. The molecule has 1 fully saturated rings. The number of rotatable bonds is 3. The summed E-state index contributed by atoms with van der Waals surface area (Å²) in [7, 11) is 0. The largest absolute Gasteiger partial charge is 0.492 e. The van der Waals surface area contributed by atoms with E-state index < -0.39 is 0 Å². The lowest BCUT2D eigenvalue weighted by molar-refractivity contribution is 0.274. The minimum absolute atomic E-state index is 0.467. The van der Waals surface area contributed by atoms with Gasteiger partial charge in [-0.2, -0.15) is 11.8 Å². The van der Waals surface area contributed by atoms with Crippen molar-refractivity contribution in [1.82, 2.24) is 5.32 Å². The summed E-state index contributed by atoms with van der Waals surface area (Å²) < 4.78 is 5.80. The predicted octanol–water partition coefficient (Wildman–Crippen LogP) is 2.73. The van der Waals surface area contributed by atoms with Crippen LogP contribution in [0.5, 0.6) is 5.75 Å². The molecule has 0 aromatic heterocycles. The van der Waals surface area contributed by atoms with Crippen LogP contribution < -0.4 is 10.1 Å². The zero-order valence-corrected chi connectivity index (χ0v) is 10.9. The van der Waals surface area contributed by atoms with Gasteiger partial charge in [-0.05, 0) is 30.7 Å². The van der Waals surface area contributed by atoms with E-state index in [1.807, 2.05) is 36.9 Å². The normalized spacial score (nSPS) is 20.8. The van der Waals surface area contributed by atoms with Crippen molar-refractivity contribution in [3.8, 4) is 5.75 Å². The van der Waals surface area contributed by atoms with Crippen LogP contribution in [0.15, 0.2) is 18.2 Å². The quantitative estimate of drug-likeness (QED) is 0.900. The van der Waals surface area contributed by atoms with Gasteiger partial charge in [-0.1, -0.05) is 11.6 Å². The highest BCUT2D eigenvalue weighted by molar-refractivity contribution is 7.99. The van der Waals surface area contributed by atoms with Gasteiger partial charge in [0.25, 0.3) is 0 Å². The van der Waals surface area contributed by atoms with E-state index in [-0.39, 0.29) is 0 Å². The molecular formula is C12H16ClNOS. The van der Waals surface area contributed by atoms with Gasteiger partial charge >= 0.3 is 0 Å². The molecule has 1 aliphatic heterocycles. The summed E-state index contributed by atoms with van der Waals surface area (Å²) in [4.78, 5) is 0. The third-order valence-electron chi connectivity index (χ3n) is 2.58. The summed E-state index contributed by atoms with van der Waals surface area (Å²) in [5.41, 5.74) is 1.09. The molecule has 1 aromatic rings. The highest BCUT2D eigenvalue weighted by atomic mass is 35.5. The van der Waals surface area contributed by atoms with Crippen LogP contribution in [-0.4, -0.2) is 30.7 Å². The van der Waals surface area contributed by atoms with Crippen molar-refractivity contribution in [1.29, 1.82) is 0 Å². The number of hydrogen-bond acceptors (Lipinski definition) is 3. The summed E-state index contributed by atoms with van der Waals surface area (Å²) in [5, 5.41) is 4.21. The summed E-state index contributed by atoms with van der Waals surface area (Å²) in [6.07, 6.45) is 0. The Kier molecular flexibility index (Phi) is 4.38. The molecule has 1 atom stereocenters. The number of benzene rings is 1. The van der Waals surface area contributed by atoms with Gasteiger partial charge < -0.3 is 10.1 Å². The van der Waals surface area contributed by atoms with Crippen molar-refractivity contribution in [2.45, 2.75) is 13.0 Å². The van der Waals surface area contributed by atoms with Crippen molar-refractivity contribution in [2.24, 2.45) is 0 Å². The lowest BCUT2D eigenvalue weighted by Gasteiger charge is -2.23. The maximum Gasteiger partial charge on any atom is 0.122 e. The van der Waals surface area contributed by atoms with Crippen LogP contribution in [-0.2, 0) is 0 Å². The van der Waals surface area contributed by atoms with E-state index in [1.54, 1.807) is 0 Å². The molecule has 1 aliphatic rings. The summed E-state index contributed by atoms with van der Waals surface area (Å²) >= 11 is 7.88. The van der Waals surface area contributed by atoms with Crippen LogP contribution in [0.1, 0.15) is 5.56 Å². The molecule has 1 unspecified atom stereocenters. The number of hydrogen-bond donors (Lipinski definition) is 1. The molecule has 0 spiro atoms. The fourth-order valence-electron chi connectivity index (χ4n) is 1.69. The maximum atomic E-state index is 5.89. The molecule has 0 saturated carbocycles. The van der Waals surface area contributed by atoms with E-state index in [4.69, 9.17) is 16.3 Å². The van der Waals surface area contributed by atoms with Gasteiger partial charge in [0.2, 0.25) is 0 Å². The van der Waals surface area contributed by atoms with Crippen LogP contribution >= 0.6 is 23.4 Å². The van der Waals surface area contributed by atoms with Crippen LogP contribution in [0.25, 0.3) is 0 Å². The highest BCUT2D eigenvalue weighted by Gasteiger charge is 2.13. The number of nitrogens with one attached hydrogen (secondary N) is 1.